The quantitative estimate of drug-likeness (QED) is 0.328. The number of nitrogens with zero attached hydrogens (tertiary/aromatic N) is 2. The molecule has 1 aromatic heterocycles. The second-order valence-corrected chi connectivity index (χ2v) is 6.86. The number of benzene rings is 1. The van der Waals surface area contributed by atoms with Gasteiger partial charge in [0.15, 0.2) is 0 Å². The lowest BCUT2D eigenvalue weighted by atomic mass is 10.0. The minimum absolute atomic E-state index is 0.00597. The molecule has 0 saturated carbocycles. The van der Waals surface area contributed by atoms with Gasteiger partial charge in [-0.25, -0.2) is 0 Å². The highest BCUT2D eigenvalue weighted by Crippen LogP contribution is 2.26. The van der Waals surface area contributed by atoms with Crippen molar-refractivity contribution >= 4 is 33.6 Å². The number of aromatic nitrogens is 1. The number of amides is 1. The molecular weight excluding hydrogens is 372 g/mol. The van der Waals surface area contributed by atoms with E-state index in [1.54, 1.807) is 36.4 Å². The summed E-state index contributed by atoms with van der Waals surface area (Å²) in [6.45, 7) is 0. The molecule has 0 unspecified atom stereocenters. The van der Waals surface area contributed by atoms with Gasteiger partial charge in [0.25, 0.3) is 16.0 Å². The van der Waals surface area contributed by atoms with E-state index >= 15 is 0 Å². The molecule has 3 N–H and O–H groups in total. The van der Waals surface area contributed by atoms with Gasteiger partial charge in [-0.2, -0.15) is 8.42 Å². The van der Waals surface area contributed by atoms with Crippen molar-refractivity contribution in [3.8, 4) is 5.75 Å². The molecule has 142 valence electrons. The number of carbonyl (C=O) groups excluding carboxylic acids is 1. The van der Waals surface area contributed by atoms with Crippen molar-refractivity contribution in [1.29, 1.82) is 5.41 Å². The molecular formula is C17H18N4O5S. The van der Waals surface area contributed by atoms with Gasteiger partial charge in [0.1, 0.15) is 5.75 Å². The van der Waals surface area contributed by atoms with Crippen molar-refractivity contribution in [1.82, 2.24) is 10.0 Å². The van der Waals surface area contributed by atoms with Crippen LogP contribution in [0.4, 0.5) is 0 Å². The molecule has 0 radical (unpaired) electrons. The van der Waals surface area contributed by atoms with E-state index in [4.69, 9.17) is 15.9 Å². The van der Waals surface area contributed by atoms with Gasteiger partial charge >= 0.3 is 0 Å². The Morgan fingerprint density at radius 1 is 1.26 bits per heavy atom. The zero-order valence-electron chi connectivity index (χ0n) is 14.6. The SMILES string of the molecule is COc1ccccc1/C=C(/C(=O)N(OS(C)(=O)=O)C(=N)N)c1cccnc1. The molecule has 0 aliphatic carbocycles. The molecule has 0 bridgehead atoms. The van der Waals surface area contributed by atoms with Gasteiger partial charge in [0.05, 0.1) is 18.9 Å². The van der Waals surface area contributed by atoms with Gasteiger partial charge in [0, 0.05) is 23.5 Å². The van der Waals surface area contributed by atoms with Crippen molar-refractivity contribution in [2.75, 3.05) is 13.4 Å². The number of para-hydroxylation sites is 1. The average Bonchev–Trinajstić information content (AvgIpc) is 2.63. The van der Waals surface area contributed by atoms with Crippen LogP contribution in [-0.2, 0) is 19.2 Å². The van der Waals surface area contributed by atoms with E-state index in [2.05, 4.69) is 9.27 Å². The molecule has 0 aliphatic heterocycles. The number of hydrogen-bond donors (Lipinski definition) is 2. The number of nitrogens with two attached hydrogens (primary N) is 1. The molecule has 0 aliphatic rings. The first-order valence-electron chi connectivity index (χ1n) is 7.56. The lowest BCUT2D eigenvalue weighted by Crippen LogP contribution is -2.42. The summed E-state index contributed by atoms with van der Waals surface area (Å²) in [4.78, 5) is 16.9. The summed E-state index contributed by atoms with van der Waals surface area (Å²) in [6.07, 6.45) is 5.14. The van der Waals surface area contributed by atoms with Gasteiger partial charge < -0.3 is 10.5 Å². The second kappa shape index (κ2) is 8.43. The Hall–Kier alpha value is -3.24. The maximum atomic E-state index is 12.9. The van der Waals surface area contributed by atoms with Crippen LogP contribution < -0.4 is 10.5 Å². The van der Waals surface area contributed by atoms with Crippen LogP contribution in [0.5, 0.6) is 5.75 Å². The lowest BCUT2D eigenvalue weighted by Gasteiger charge is -2.19. The standard InChI is InChI=1S/C17H18N4O5S/c1-25-15-8-4-3-6-12(15)10-14(13-7-5-9-20-11-13)16(22)21(17(18)19)26-27(2,23)24/h3-11H,1-2H3,(H3,18,19)/b14-10+. The molecule has 0 spiro atoms. The highest BCUT2D eigenvalue weighted by atomic mass is 32.2. The van der Waals surface area contributed by atoms with Crippen molar-refractivity contribution in [2.45, 2.75) is 0 Å². The molecule has 10 heteroatoms. The number of nitrogens with one attached hydrogen (secondary N) is 1. The summed E-state index contributed by atoms with van der Waals surface area (Å²) < 4.78 is 32.7. The molecule has 27 heavy (non-hydrogen) atoms. The average molecular weight is 390 g/mol. The molecule has 2 aromatic rings. The molecule has 1 amide bonds. The van der Waals surface area contributed by atoms with Gasteiger partial charge in [0.2, 0.25) is 5.96 Å². The minimum Gasteiger partial charge on any atom is -0.496 e. The number of hydroxylamine groups is 2. The predicted molar refractivity (Wildman–Crippen MR) is 99.8 cm³/mol. The van der Waals surface area contributed by atoms with E-state index < -0.39 is 22.0 Å². The van der Waals surface area contributed by atoms with E-state index in [0.717, 1.165) is 6.26 Å². The Bertz CT molecular complexity index is 974. The Balaban J connectivity index is 2.61. The van der Waals surface area contributed by atoms with Crippen molar-refractivity contribution in [3.05, 3.63) is 59.9 Å². The van der Waals surface area contributed by atoms with Crippen molar-refractivity contribution < 1.29 is 22.2 Å². The normalized spacial score (nSPS) is 11.7. The molecule has 0 saturated heterocycles. The molecule has 9 nitrogen and oxygen atoms in total. The summed E-state index contributed by atoms with van der Waals surface area (Å²) >= 11 is 0. The first kappa shape index (κ1) is 20.1. The van der Waals surface area contributed by atoms with Gasteiger partial charge in [-0.15, -0.1) is 9.35 Å². The van der Waals surface area contributed by atoms with E-state index in [1.165, 1.54) is 25.6 Å². The summed E-state index contributed by atoms with van der Waals surface area (Å²) in [5.74, 6) is -1.35. The lowest BCUT2D eigenvalue weighted by molar-refractivity contribution is -0.137. The summed E-state index contributed by atoms with van der Waals surface area (Å²) in [5, 5.41) is 7.70. The van der Waals surface area contributed by atoms with Crippen molar-refractivity contribution in [2.24, 2.45) is 5.73 Å². The van der Waals surface area contributed by atoms with Crippen LogP contribution >= 0.6 is 0 Å². The monoisotopic (exact) mass is 390 g/mol. The van der Waals surface area contributed by atoms with Gasteiger partial charge in [-0.1, -0.05) is 24.3 Å². The smallest absolute Gasteiger partial charge is 0.286 e. The van der Waals surface area contributed by atoms with Gasteiger partial charge in [-0.3, -0.25) is 15.2 Å². The zero-order valence-corrected chi connectivity index (χ0v) is 15.4. The van der Waals surface area contributed by atoms with Crippen LogP contribution in [0.25, 0.3) is 11.6 Å². The van der Waals surface area contributed by atoms with Crippen LogP contribution in [0.2, 0.25) is 0 Å². The Morgan fingerprint density at radius 2 is 1.96 bits per heavy atom. The number of carbonyl (C=O) groups is 1. The number of rotatable bonds is 6. The van der Waals surface area contributed by atoms with E-state index in [0.29, 0.717) is 16.9 Å². The summed E-state index contributed by atoms with van der Waals surface area (Å²) in [6, 6.07) is 10.1. The maximum Gasteiger partial charge on any atom is 0.286 e. The zero-order chi connectivity index (χ0) is 20.0. The first-order chi connectivity index (χ1) is 12.7. The fourth-order valence-electron chi connectivity index (χ4n) is 2.16. The molecule has 0 fully saturated rings. The second-order valence-electron chi connectivity index (χ2n) is 5.31. The highest BCUT2D eigenvalue weighted by molar-refractivity contribution is 7.85. The number of methoxy groups -OCH3 is 1. The van der Waals surface area contributed by atoms with Crippen LogP contribution in [0, 0.1) is 5.41 Å². The van der Waals surface area contributed by atoms with E-state index in [1.807, 2.05) is 0 Å². The Morgan fingerprint density at radius 3 is 2.52 bits per heavy atom. The largest absolute Gasteiger partial charge is 0.496 e. The molecule has 1 heterocycles. The predicted octanol–water partition coefficient (Wildman–Crippen LogP) is 1.24. The third-order valence-corrected chi connectivity index (χ3v) is 3.67. The Kier molecular flexibility index (Phi) is 6.27. The minimum atomic E-state index is -4.10. The maximum absolute atomic E-state index is 12.9. The number of hydrogen-bond acceptors (Lipinski definition) is 7. The molecule has 2 rings (SSSR count). The van der Waals surface area contributed by atoms with Crippen LogP contribution in [0.15, 0.2) is 48.8 Å². The molecule has 0 atom stereocenters. The summed E-state index contributed by atoms with van der Waals surface area (Å²) in [7, 11) is -2.62. The van der Waals surface area contributed by atoms with Crippen LogP contribution in [0.1, 0.15) is 11.1 Å². The third kappa shape index (κ3) is 5.36. The Labute approximate surface area is 156 Å². The van der Waals surface area contributed by atoms with E-state index in [-0.39, 0.29) is 10.6 Å². The first-order valence-corrected chi connectivity index (χ1v) is 9.37. The van der Waals surface area contributed by atoms with Crippen LogP contribution in [0.3, 0.4) is 0 Å². The van der Waals surface area contributed by atoms with Crippen molar-refractivity contribution in [3.63, 3.8) is 0 Å². The third-order valence-electron chi connectivity index (χ3n) is 3.25. The highest BCUT2D eigenvalue weighted by Gasteiger charge is 2.27. The van der Waals surface area contributed by atoms with Crippen LogP contribution in [-0.4, -0.2) is 43.7 Å². The van der Waals surface area contributed by atoms with E-state index in [9.17, 15) is 13.2 Å². The fourth-order valence-corrected chi connectivity index (χ4v) is 2.58. The molecule has 1 aromatic carbocycles. The van der Waals surface area contributed by atoms with Gasteiger partial charge in [-0.05, 0) is 18.2 Å². The summed E-state index contributed by atoms with van der Waals surface area (Å²) in [5.41, 5.74) is 6.27. The fraction of sp³-hybridized carbons (Fsp3) is 0.118. The topological polar surface area (TPSA) is 136 Å². The number of ether oxygens (including phenoxy) is 1. The number of pyridine rings is 1. The number of guanidine groups is 1.